The van der Waals surface area contributed by atoms with Gasteiger partial charge in [-0.3, -0.25) is 0 Å². The lowest BCUT2D eigenvalue weighted by Gasteiger charge is -1.97. The van der Waals surface area contributed by atoms with Gasteiger partial charge in [-0.25, -0.2) is 0 Å². The van der Waals surface area contributed by atoms with E-state index in [-0.39, 0.29) is 12.4 Å². The Balaban J connectivity index is 0.00000121. The van der Waals surface area contributed by atoms with Crippen molar-refractivity contribution in [2.75, 3.05) is 0 Å². The lowest BCUT2D eigenvalue weighted by Crippen LogP contribution is -1.96. The second kappa shape index (κ2) is 5.36. The van der Waals surface area contributed by atoms with E-state index < -0.39 is 0 Å². The Kier molecular flexibility index (Phi) is 5.22. The van der Waals surface area contributed by atoms with Crippen molar-refractivity contribution in [2.24, 2.45) is 5.73 Å². The summed E-state index contributed by atoms with van der Waals surface area (Å²) >= 11 is 2.17. The van der Waals surface area contributed by atoms with Crippen molar-refractivity contribution in [3.8, 4) is 6.07 Å². The number of nitriles is 1. The number of nitrogens with two attached hydrogens (primary N) is 1. The largest absolute Gasteiger partial charge is 0.326 e. The molecule has 0 fully saturated rings. The topological polar surface area (TPSA) is 49.8 Å². The fourth-order valence-electron chi connectivity index (χ4n) is 0.833. The second-order valence-corrected chi connectivity index (χ2v) is 3.41. The predicted octanol–water partition coefficient (Wildman–Crippen LogP) is 2.04. The zero-order chi connectivity index (χ0) is 8.27. The molecule has 0 amide bonds. The van der Waals surface area contributed by atoms with Gasteiger partial charge in [0.25, 0.3) is 0 Å². The molecule has 0 aliphatic carbocycles. The average Bonchev–Trinajstić information content (AvgIpc) is 2.03. The molecule has 64 valence electrons. The number of hydrogen-bond donors (Lipinski definition) is 1. The maximum Gasteiger partial charge on any atom is 0.0992 e. The van der Waals surface area contributed by atoms with Crippen LogP contribution in [0.15, 0.2) is 18.2 Å². The summed E-state index contributed by atoms with van der Waals surface area (Å²) in [7, 11) is 0. The second-order valence-electron chi connectivity index (χ2n) is 2.16. The van der Waals surface area contributed by atoms with Gasteiger partial charge in [-0.15, -0.1) is 12.4 Å². The summed E-state index contributed by atoms with van der Waals surface area (Å²) in [5.41, 5.74) is 7.12. The van der Waals surface area contributed by atoms with Crippen LogP contribution in [0.4, 0.5) is 0 Å². The first kappa shape index (κ1) is 11.7. The normalized spacial score (nSPS) is 8.42. The van der Waals surface area contributed by atoms with Crippen molar-refractivity contribution in [2.45, 2.75) is 6.54 Å². The molecule has 0 aliphatic heterocycles. The first-order valence-corrected chi connectivity index (χ1v) is 4.24. The Labute approximate surface area is 91.3 Å². The van der Waals surface area contributed by atoms with Gasteiger partial charge >= 0.3 is 0 Å². The van der Waals surface area contributed by atoms with Crippen molar-refractivity contribution >= 4 is 35.0 Å². The van der Waals surface area contributed by atoms with E-state index in [4.69, 9.17) is 11.0 Å². The van der Waals surface area contributed by atoms with Crippen molar-refractivity contribution in [1.82, 2.24) is 0 Å². The summed E-state index contributed by atoms with van der Waals surface area (Å²) < 4.78 is 1.06. The Morgan fingerprint density at radius 2 is 2.08 bits per heavy atom. The molecule has 0 saturated carbocycles. The van der Waals surface area contributed by atoms with Crippen LogP contribution in [-0.2, 0) is 6.54 Å². The van der Waals surface area contributed by atoms with Crippen LogP contribution < -0.4 is 5.73 Å². The van der Waals surface area contributed by atoms with Gasteiger partial charge in [0.1, 0.15) is 0 Å². The minimum Gasteiger partial charge on any atom is -0.326 e. The zero-order valence-corrected chi connectivity index (χ0v) is 9.22. The van der Waals surface area contributed by atoms with Gasteiger partial charge in [-0.2, -0.15) is 5.26 Å². The van der Waals surface area contributed by atoms with Gasteiger partial charge in [0.2, 0.25) is 0 Å². The number of nitrogens with zero attached hydrogens (tertiary/aromatic N) is 1. The molecule has 0 radical (unpaired) electrons. The van der Waals surface area contributed by atoms with Crippen LogP contribution in [0, 0.1) is 14.9 Å². The van der Waals surface area contributed by atoms with Gasteiger partial charge in [-0.05, 0) is 46.4 Å². The van der Waals surface area contributed by atoms with Crippen LogP contribution in [0.3, 0.4) is 0 Å². The van der Waals surface area contributed by atoms with Crippen LogP contribution in [0.2, 0.25) is 0 Å². The highest BCUT2D eigenvalue weighted by Crippen LogP contribution is 2.11. The van der Waals surface area contributed by atoms with Crippen molar-refractivity contribution < 1.29 is 0 Å². The lowest BCUT2D eigenvalue weighted by molar-refractivity contribution is 1.07. The molecule has 1 aromatic carbocycles. The third kappa shape index (κ3) is 2.97. The maximum atomic E-state index is 8.59. The Morgan fingerprint density at radius 1 is 1.42 bits per heavy atom. The first-order valence-electron chi connectivity index (χ1n) is 3.16. The summed E-state index contributed by atoms with van der Waals surface area (Å²) in [6.07, 6.45) is 0. The standard InChI is InChI=1S/C8H7IN2.ClH/c9-8-2-6(4-10)1-7(3-8)5-11;/h1-3H,4,10H2;1H. The van der Waals surface area contributed by atoms with Crippen molar-refractivity contribution in [1.29, 1.82) is 5.26 Å². The van der Waals surface area contributed by atoms with Crippen LogP contribution in [-0.4, -0.2) is 0 Å². The molecule has 0 saturated heterocycles. The van der Waals surface area contributed by atoms with Crippen LogP contribution in [0.1, 0.15) is 11.1 Å². The number of benzene rings is 1. The average molecular weight is 295 g/mol. The van der Waals surface area contributed by atoms with Crippen LogP contribution in [0.25, 0.3) is 0 Å². The van der Waals surface area contributed by atoms with Gasteiger partial charge in [0.05, 0.1) is 11.6 Å². The summed E-state index contributed by atoms with van der Waals surface area (Å²) in [5.74, 6) is 0. The van der Waals surface area contributed by atoms with Gasteiger partial charge in [0, 0.05) is 10.1 Å². The van der Waals surface area contributed by atoms with E-state index in [1.165, 1.54) is 0 Å². The quantitative estimate of drug-likeness (QED) is 0.806. The summed E-state index contributed by atoms with van der Waals surface area (Å²) in [6.45, 7) is 0.492. The Bertz CT molecular complexity index is 306. The smallest absolute Gasteiger partial charge is 0.0992 e. The lowest BCUT2D eigenvalue weighted by atomic mass is 10.1. The fourth-order valence-corrected chi connectivity index (χ4v) is 1.57. The highest BCUT2D eigenvalue weighted by Gasteiger charge is 1.95. The Hall–Kier alpha value is -0.310. The number of halogens is 2. The molecule has 1 rings (SSSR count). The van der Waals surface area contributed by atoms with E-state index in [2.05, 4.69) is 28.7 Å². The SMILES string of the molecule is Cl.N#Cc1cc(I)cc(CN)c1. The van der Waals surface area contributed by atoms with E-state index in [1.807, 2.05) is 18.2 Å². The number of hydrogen-bond acceptors (Lipinski definition) is 2. The van der Waals surface area contributed by atoms with Crippen molar-refractivity contribution in [3.05, 3.63) is 32.9 Å². The summed E-state index contributed by atoms with van der Waals surface area (Å²) in [4.78, 5) is 0. The molecule has 12 heavy (non-hydrogen) atoms. The molecule has 0 atom stereocenters. The maximum absolute atomic E-state index is 8.59. The van der Waals surface area contributed by atoms with E-state index in [0.717, 1.165) is 9.13 Å². The molecule has 2 nitrogen and oxygen atoms in total. The molecule has 0 aliphatic rings. The number of rotatable bonds is 1. The van der Waals surface area contributed by atoms with Crippen LogP contribution in [0.5, 0.6) is 0 Å². The minimum absolute atomic E-state index is 0. The van der Waals surface area contributed by atoms with E-state index in [1.54, 1.807) is 0 Å². The fraction of sp³-hybridized carbons (Fsp3) is 0.125. The third-order valence-corrected chi connectivity index (χ3v) is 1.95. The van der Waals surface area contributed by atoms with E-state index >= 15 is 0 Å². The molecule has 4 heteroatoms. The van der Waals surface area contributed by atoms with Crippen molar-refractivity contribution in [3.63, 3.8) is 0 Å². The molecule has 0 aromatic heterocycles. The highest BCUT2D eigenvalue weighted by molar-refractivity contribution is 14.1. The monoisotopic (exact) mass is 294 g/mol. The molecule has 0 spiro atoms. The van der Waals surface area contributed by atoms with Gasteiger partial charge in [0.15, 0.2) is 0 Å². The molecule has 0 bridgehead atoms. The molecule has 1 aromatic rings. The predicted molar refractivity (Wildman–Crippen MR) is 59.0 cm³/mol. The zero-order valence-electron chi connectivity index (χ0n) is 6.25. The van der Waals surface area contributed by atoms with Gasteiger partial charge < -0.3 is 5.73 Å². The molecular weight excluding hydrogens is 286 g/mol. The molecular formula is C8H8ClIN2. The highest BCUT2D eigenvalue weighted by atomic mass is 127. The molecule has 0 unspecified atom stereocenters. The minimum atomic E-state index is 0. The third-order valence-electron chi connectivity index (χ3n) is 1.32. The Morgan fingerprint density at radius 3 is 2.58 bits per heavy atom. The van der Waals surface area contributed by atoms with E-state index in [0.29, 0.717) is 12.1 Å². The van der Waals surface area contributed by atoms with Crippen LogP contribution >= 0.6 is 35.0 Å². The first-order chi connectivity index (χ1) is 5.26. The van der Waals surface area contributed by atoms with Gasteiger partial charge in [-0.1, -0.05) is 0 Å². The van der Waals surface area contributed by atoms with E-state index in [9.17, 15) is 0 Å². The molecule has 2 N–H and O–H groups in total. The summed E-state index contributed by atoms with van der Waals surface area (Å²) in [6, 6.07) is 7.70. The molecule has 0 heterocycles. The summed E-state index contributed by atoms with van der Waals surface area (Å²) in [5, 5.41) is 8.59.